The van der Waals surface area contributed by atoms with Crippen molar-refractivity contribution in [2.75, 3.05) is 31.6 Å². The predicted octanol–water partition coefficient (Wildman–Crippen LogP) is 4.35. The van der Waals surface area contributed by atoms with E-state index in [0.29, 0.717) is 36.5 Å². The van der Waals surface area contributed by atoms with Crippen molar-refractivity contribution in [1.29, 1.82) is 0 Å². The van der Waals surface area contributed by atoms with Crippen LogP contribution in [0.4, 0.5) is 14.9 Å². The first-order valence-corrected chi connectivity index (χ1v) is 11.1. The van der Waals surface area contributed by atoms with Crippen molar-refractivity contribution in [1.82, 2.24) is 14.8 Å². The molecule has 1 saturated heterocycles. The van der Waals surface area contributed by atoms with Crippen LogP contribution < -0.4 is 4.90 Å². The number of benzene rings is 2. The normalized spacial score (nSPS) is 16.3. The second-order valence-electron chi connectivity index (χ2n) is 8.50. The van der Waals surface area contributed by atoms with Gasteiger partial charge in [0.2, 0.25) is 0 Å². The average Bonchev–Trinajstić information content (AvgIpc) is 2.84. The van der Waals surface area contributed by atoms with E-state index in [4.69, 9.17) is 0 Å². The summed E-state index contributed by atoms with van der Waals surface area (Å²) >= 11 is 0. The van der Waals surface area contributed by atoms with Crippen molar-refractivity contribution in [3.8, 4) is 11.3 Å². The number of anilines is 1. The van der Waals surface area contributed by atoms with Gasteiger partial charge in [0.25, 0.3) is 5.91 Å². The molecular weight excluding hydrogens is 435 g/mol. The summed E-state index contributed by atoms with van der Waals surface area (Å²) in [6.07, 6.45) is 0.591. The zero-order valence-corrected chi connectivity index (χ0v) is 19.2. The number of amides is 2. The Labute approximate surface area is 198 Å². The molecule has 34 heavy (non-hydrogen) atoms. The van der Waals surface area contributed by atoms with Gasteiger partial charge < -0.3 is 14.9 Å². The fourth-order valence-electron chi connectivity index (χ4n) is 4.20. The SMILES string of the molecule is C[C@H]1CN(Cc2ccc(N(C)C(=O)c3ccc(-c4ccccc4F)nc3)cc2)CCN1C(=O)O. The van der Waals surface area contributed by atoms with Crippen LogP contribution in [0.3, 0.4) is 0 Å². The number of carbonyl (C=O) groups is 2. The van der Waals surface area contributed by atoms with Crippen LogP contribution in [0.2, 0.25) is 0 Å². The molecule has 1 N–H and O–H groups in total. The summed E-state index contributed by atoms with van der Waals surface area (Å²) in [5, 5.41) is 9.23. The summed E-state index contributed by atoms with van der Waals surface area (Å²) in [7, 11) is 1.70. The van der Waals surface area contributed by atoms with Crippen LogP contribution in [0.1, 0.15) is 22.8 Å². The quantitative estimate of drug-likeness (QED) is 0.610. The van der Waals surface area contributed by atoms with Gasteiger partial charge in [0.15, 0.2) is 0 Å². The maximum Gasteiger partial charge on any atom is 0.407 e. The summed E-state index contributed by atoms with van der Waals surface area (Å²) in [6.45, 7) is 4.50. The number of nitrogens with zero attached hydrogens (tertiary/aromatic N) is 4. The average molecular weight is 463 g/mol. The first-order chi connectivity index (χ1) is 16.3. The number of hydrogen-bond donors (Lipinski definition) is 1. The van der Waals surface area contributed by atoms with Crippen molar-refractivity contribution >= 4 is 17.7 Å². The van der Waals surface area contributed by atoms with Crippen LogP contribution in [0.15, 0.2) is 66.9 Å². The maximum absolute atomic E-state index is 14.0. The minimum Gasteiger partial charge on any atom is -0.465 e. The van der Waals surface area contributed by atoms with E-state index in [0.717, 1.165) is 17.8 Å². The lowest BCUT2D eigenvalue weighted by Crippen LogP contribution is -2.53. The fourth-order valence-corrected chi connectivity index (χ4v) is 4.20. The number of carboxylic acid groups (broad SMARTS) is 1. The zero-order chi connectivity index (χ0) is 24.2. The number of hydrogen-bond acceptors (Lipinski definition) is 4. The Morgan fingerprint density at radius 1 is 1.09 bits per heavy atom. The van der Waals surface area contributed by atoms with Crippen LogP contribution >= 0.6 is 0 Å². The molecule has 0 unspecified atom stereocenters. The topological polar surface area (TPSA) is 77.0 Å². The molecule has 2 aromatic carbocycles. The smallest absolute Gasteiger partial charge is 0.407 e. The van der Waals surface area contributed by atoms with Gasteiger partial charge in [0.1, 0.15) is 5.82 Å². The van der Waals surface area contributed by atoms with Gasteiger partial charge in [-0.2, -0.15) is 0 Å². The Morgan fingerprint density at radius 2 is 1.82 bits per heavy atom. The summed E-state index contributed by atoms with van der Waals surface area (Å²) in [6, 6.07) is 17.4. The van der Waals surface area contributed by atoms with Crippen molar-refractivity contribution in [2.45, 2.75) is 19.5 Å². The van der Waals surface area contributed by atoms with Crippen molar-refractivity contribution in [2.24, 2.45) is 0 Å². The molecule has 0 aliphatic carbocycles. The van der Waals surface area contributed by atoms with Gasteiger partial charge >= 0.3 is 6.09 Å². The van der Waals surface area contributed by atoms with Crippen LogP contribution in [-0.4, -0.2) is 64.6 Å². The number of carbonyl (C=O) groups excluding carboxylic acids is 1. The van der Waals surface area contributed by atoms with Crippen molar-refractivity contribution in [3.63, 3.8) is 0 Å². The van der Waals surface area contributed by atoms with E-state index in [9.17, 15) is 19.1 Å². The second-order valence-corrected chi connectivity index (χ2v) is 8.50. The van der Waals surface area contributed by atoms with Gasteiger partial charge in [-0.15, -0.1) is 0 Å². The molecule has 3 aromatic rings. The molecule has 7 nitrogen and oxygen atoms in total. The van der Waals surface area contributed by atoms with E-state index in [1.165, 1.54) is 17.2 Å². The standard InChI is InChI=1S/C26H27FN4O3/c1-18-16-30(13-14-31(18)26(33)34)17-19-7-10-21(11-8-19)29(2)25(32)20-9-12-24(28-15-20)22-5-3-4-6-23(22)27/h3-12,15,18H,13-14,16-17H2,1-2H3,(H,33,34)/t18-/m0/s1. The number of halogens is 1. The highest BCUT2D eigenvalue weighted by Gasteiger charge is 2.27. The first kappa shape index (κ1) is 23.4. The molecular formula is C26H27FN4O3. The lowest BCUT2D eigenvalue weighted by molar-refractivity contribution is 0.0711. The van der Waals surface area contributed by atoms with Crippen LogP contribution in [-0.2, 0) is 6.54 Å². The molecule has 0 radical (unpaired) electrons. The summed E-state index contributed by atoms with van der Waals surface area (Å²) in [5.41, 5.74) is 3.12. The van der Waals surface area contributed by atoms with Gasteiger partial charge in [-0.25, -0.2) is 9.18 Å². The first-order valence-electron chi connectivity index (χ1n) is 11.1. The van der Waals surface area contributed by atoms with Gasteiger partial charge in [-0.3, -0.25) is 14.7 Å². The molecule has 8 heteroatoms. The summed E-state index contributed by atoms with van der Waals surface area (Å²) < 4.78 is 14.0. The molecule has 1 aliphatic rings. The third-order valence-corrected chi connectivity index (χ3v) is 6.15. The zero-order valence-electron chi connectivity index (χ0n) is 19.2. The van der Waals surface area contributed by atoms with Crippen molar-refractivity contribution in [3.05, 3.63) is 83.8 Å². The van der Waals surface area contributed by atoms with Gasteiger partial charge in [0.05, 0.1) is 11.3 Å². The molecule has 1 aliphatic heterocycles. The fraction of sp³-hybridized carbons (Fsp3) is 0.269. The minimum absolute atomic E-state index is 0.0485. The van der Waals surface area contributed by atoms with Crippen LogP contribution in [0.25, 0.3) is 11.3 Å². The molecule has 2 heterocycles. The highest BCUT2D eigenvalue weighted by molar-refractivity contribution is 6.05. The maximum atomic E-state index is 14.0. The monoisotopic (exact) mass is 462 g/mol. The van der Waals surface area contributed by atoms with Crippen LogP contribution in [0.5, 0.6) is 0 Å². The molecule has 2 amide bonds. The van der Waals surface area contributed by atoms with Gasteiger partial charge in [-0.05, 0) is 48.9 Å². The highest BCUT2D eigenvalue weighted by Crippen LogP contribution is 2.22. The summed E-state index contributed by atoms with van der Waals surface area (Å²) in [4.78, 5) is 33.7. The van der Waals surface area contributed by atoms with E-state index in [1.54, 1.807) is 42.3 Å². The van der Waals surface area contributed by atoms with E-state index in [2.05, 4.69) is 9.88 Å². The summed E-state index contributed by atoms with van der Waals surface area (Å²) in [5.74, 6) is -0.566. The number of piperazine rings is 1. The number of pyridine rings is 1. The Balaban J connectivity index is 1.38. The van der Waals surface area contributed by atoms with E-state index in [1.807, 2.05) is 31.2 Å². The largest absolute Gasteiger partial charge is 0.465 e. The van der Waals surface area contributed by atoms with Crippen LogP contribution in [0, 0.1) is 5.82 Å². The van der Waals surface area contributed by atoms with Gasteiger partial charge in [0, 0.05) is 56.7 Å². The lowest BCUT2D eigenvalue weighted by atomic mass is 10.1. The molecule has 1 aromatic heterocycles. The van der Waals surface area contributed by atoms with E-state index in [-0.39, 0.29) is 17.8 Å². The van der Waals surface area contributed by atoms with E-state index < -0.39 is 6.09 Å². The Bertz CT molecular complexity index is 1170. The lowest BCUT2D eigenvalue weighted by Gasteiger charge is -2.38. The highest BCUT2D eigenvalue weighted by atomic mass is 19.1. The van der Waals surface area contributed by atoms with E-state index >= 15 is 0 Å². The molecule has 1 atom stereocenters. The number of aromatic nitrogens is 1. The Kier molecular flexibility index (Phi) is 6.88. The molecule has 176 valence electrons. The third kappa shape index (κ3) is 5.07. The second kappa shape index (κ2) is 10.0. The minimum atomic E-state index is -0.874. The van der Waals surface area contributed by atoms with Gasteiger partial charge in [-0.1, -0.05) is 24.3 Å². The molecule has 1 fully saturated rings. The predicted molar refractivity (Wildman–Crippen MR) is 128 cm³/mol. The molecule has 0 saturated carbocycles. The Morgan fingerprint density at radius 3 is 2.44 bits per heavy atom. The third-order valence-electron chi connectivity index (χ3n) is 6.15. The molecule has 4 rings (SSSR count). The molecule has 0 spiro atoms. The molecule has 0 bridgehead atoms. The van der Waals surface area contributed by atoms with Crippen molar-refractivity contribution < 1.29 is 19.1 Å². The Hall–Kier alpha value is -3.78. The number of rotatable bonds is 5.